The van der Waals surface area contributed by atoms with E-state index in [4.69, 9.17) is 4.98 Å². The first kappa shape index (κ1) is 14.7. The molecular formula is C15H24N2OS. The third kappa shape index (κ3) is 4.11. The minimum absolute atomic E-state index is 0.170. The Balaban J connectivity index is 2.06. The maximum atomic E-state index is 11.7. The molecule has 0 amide bonds. The van der Waals surface area contributed by atoms with Crippen LogP contribution < -0.4 is 0 Å². The maximum absolute atomic E-state index is 11.7. The van der Waals surface area contributed by atoms with Crippen molar-refractivity contribution in [3.05, 3.63) is 15.6 Å². The summed E-state index contributed by atoms with van der Waals surface area (Å²) in [4.78, 5) is 19.7. The maximum Gasteiger partial charge on any atom is 0.171 e. The van der Waals surface area contributed by atoms with Crippen LogP contribution in [0.4, 0.5) is 0 Å². The molecule has 3 nitrogen and oxygen atoms in total. The molecule has 0 radical (unpaired) electrons. The summed E-state index contributed by atoms with van der Waals surface area (Å²) < 4.78 is 0. The van der Waals surface area contributed by atoms with E-state index in [9.17, 15) is 4.79 Å². The highest BCUT2D eigenvalue weighted by molar-refractivity contribution is 7.13. The fraction of sp³-hybridized carbons (Fsp3) is 0.733. The quantitative estimate of drug-likeness (QED) is 0.772. The van der Waals surface area contributed by atoms with E-state index < -0.39 is 0 Å². The van der Waals surface area contributed by atoms with E-state index in [1.165, 1.54) is 38.8 Å². The monoisotopic (exact) mass is 280 g/mol. The van der Waals surface area contributed by atoms with Crippen molar-refractivity contribution in [1.29, 1.82) is 0 Å². The Kier molecular flexibility index (Phi) is 5.52. The number of thiazole rings is 1. The third-order valence-electron chi connectivity index (χ3n) is 3.61. The highest BCUT2D eigenvalue weighted by Crippen LogP contribution is 2.23. The molecule has 1 aliphatic rings. The Hall–Kier alpha value is -0.740. The molecule has 0 aromatic carbocycles. The topological polar surface area (TPSA) is 33.2 Å². The van der Waals surface area contributed by atoms with Crippen molar-refractivity contribution < 1.29 is 4.79 Å². The van der Waals surface area contributed by atoms with Crippen LogP contribution in [0.1, 0.15) is 66.3 Å². The molecule has 0 unspecified atom stereocenters. The Morgan fingerprint density at radius 3 is 2.53 bits per heavy atom. The summed E-state index contributed by atoms with van der Waals surface area (Å²) >= 11 is 1.61. The predicted molar refractivity (Wildman–Crippen MR) is 79.9 cm³/mol. The van der Waals surface area contributed by atoms with Gasteiger partial charge in [-0.3, -0.25) is 9.69 Å². The number of rotatable bonds is 5. The molecule has 0 atom stereocenters. The lowest BCUT2D eigenvalue weighted by Gasteiger charge is -2.17. The van der Waals surface area contributed by atoms with Crippen LogP contribution in [0.15, 0.2) is 0 Å². The minimum Gasteiger partial charge on any atom is -0.297 e. The number of hydrogen-bond donors (Lipinski definition) is 0. The van der Waals surface area contributed by atoms with Crippen LogP contribution in [0.5, 0.6) is 0 Å². The zero-order valence-electron chi connectivity index (χ0n) is 12.1. The molecule has 1 aromatic rings. The summed E-state index contributed by atoms with van der Waals surface area (Å²) in [6.07, 6.45) is 7.28. The molecule has 4 heteroatoms. The Bertz CT molecular complexity index is 420. The van der Waals surface area contributed by atoms with Gasteiger partial charge in [-0.25, -0.2) is 4.98 Å². The van der Waals surface area contributed by atoms with E-state index in [-0.39, 0.29) is 5.78 Å². The molecule has 0 spiro atoms. The van der Waals surface area contributed by atoms with Gasteiger partial charge >= 0.3 is 0 Å². The van der Waals surface area contributed by atoms with Gasteiger partial charge in [-0.15, -0.1) is 11.3 Å². The molecule has 19 heavy (non-hydrogen) atoms. The van der Waals surface area contributed by atoms with Gasteiger partial charge in [0.25, 0.3) is 0 Å². The van der Waals surface area contributed by atoms with E-state index in [1.54, 1.807) is 18.3 Å². The lowest BCUT2D eigenvalue weighted by molar-refractivity contribution is 0.102. The molecular weight excluding hydrogens is 256 g/mol. The lowest BCUT2D eigenvalue weighted by Crippen LogP contribution is -2.23. The van der Waals surface area contributed by atoms with Crippen LogP contribution in [-0.2, 0) is 13.0 Å². The van der Waals surface area contributed by atoms with Gasteiger partial charge in [0, 0.05) is 6.92 Å². The fourth-order valence-electron chi connectivity index (χ4n) is 2.64. The normalized spacial score (nSPS) is 17.4. The number of hydrogen-bond acceptors (Lipinski definition) is 4. The van der Waals surface area contributed by atoms with Crippen LogP contribution in [-0.4, -0.2) is 28.8 Å². The summed E-state index contributed by atoms with van der Waals surface area (Å²) in [5.74, 6) is 0.170. The average Bonchev–Trinajstić information content (AvgIpc) is 2.59. The summed E-state index contributed by atoms with van der Waals surface area (Å²) in [5.41, 5.74) is 1.02. The molecule has 0 bridgehead atoms. The zero-order chi connectivity index (χ0) is 13.7. The summed E-state index contributed by atoms with van der Waals surface area (Å²) in [6, 6.07) is 0. The molecule has 1 saturated heterocycles. The molecule has 2 rings (SSSR count). The molecule has 2 heterocycles. The number of aryl methyl sites for hydroxylation is 1. The van der Waals surface area contributed by atoms with Gasteiger partial charge in [0.15, 0.2) is 5.78 Å². The van der Waals surface area contributed by atoms with Gasteiger partial charge in [-0.2, -0.15) is 0 Å². The molecule has 0 N–H and O–H groups in total. The number of nitrogens with zero attached hydrogens (tertiary/aromatic N) is 2. The number of Topliss-reactive ketones (excluding diaryl/α,β-unsaturated/α-hetero) is 1. The first-order valence-electron chi connectivity index (χ1n) is 7.42. The Morgan fingerprint density at radius 1 is 1.26 bits per heavy atom. The third-order valence-corrected chi connectivity index (χ3v) is 4.79. The van der Waals surface area contributed by atoms with Gasteiger partial charge in [0.2, 0.25) is 0 Å². The second-order valence-corrected chi connectivity index (χ2v) is 6.46. The summed E-state index contributed by atoms with van der Waals surface area (Å²) in [6.45, 7) is 7.07. The molecule has 0 saturated carbocycles. The second kappa shape index (κ2) is 7.15. The van der Waals surface area contributed by atoms with E-state index in [1.807, 2.05) is 0 Å². The van der Waals surface area contributed by atoms with E-state index in [0.29, 0.717) is 0 Å². The number of ketones is 1. The molecule has 106 valence electrons. The largest absolute Gasteiger partial charge is 0.297 e. The van der Waals surface area contributed by atoms with Gasteiger partial charge in [-0.1, -0.05) is 26.2 Å². The van der Waals surface area contributed by atoms with Crippen LogP contribution in [0.25, 0.3) is 0 Å². The highest BCUT2D eigenvalue weighted by Gasteiger charge is 2.17. The SMILES string of the molecule is CCCc1nc(CN2CCCCCC2)sc1C(C)=O. The first-order valence-corrected chi connectivity index (χ1v) is 8.24. The first-order chi connectivity index (χ1) is 9.20. The zero-order valence-corrected chi connectivity index (χ0v) is 12.9. The number of carbonyl (C=O) groups excluding carboxylic acids is 1. The van der Waals surface area contributed by atoms with Crippen molar-refractivity contribution >= 4 is 17.1 Å². The van der Waals surface area contributed by atoms with Crippen molar-refractivity contribution in [3.63, 3.8) is 0 Å². The van der Waals surface area contributed by atoms with Gasteiger partial charge in [-0.05, 0) is 32.4 Å². The van der Waals surface area contributed by atoms with Crippen LogP contribution in [0.3, 0.4) is 0 Å². The predicted octanol–water partition coefficient (Wildman–Crippen LogP) is 3.67. The van der Waals surface area contributed by atoms with Crippen molar-refractivity contribution in [3.8, 4) is 0 Å². The van der Waals surface area contributed by atoms with Crippen molar-refractivity contribution in [2.75, 3.05) is 13.1 Å². The average molecular weight is 280 g/mol. The van der Waals surface area contributed by atoms with Crippen LogP contribution in [0, 0.1) is 0 Å². The van der Waals surface area contributed by atoms with E-state index >= 15 is 0 Å². The number of aromatic nitrogens is 1. The molecule has 1 aromatic heterocycles. The lowest BCUT2D eigenvalue weighted by atomic mass is 10.2. The van der Waals surface area contributed by atoms with Crippen LogP contribution in [0.2, 0.25) is 0 Å². The van der Waals surface area contributed by atoms with Gasteiger partial charge < -0.3 is 0 Å². The summed E-state index contributed by atoms with van der Waals surface area (Å²) in [5, 5.41) is 1.12. The van der Waals surface area contributed by atoms with Crippen molar-refractivity contribution in [2.24, 2.45) is 0 Å². The van der Waals surface area contributed by atoms with Crippen LogP contribution >= 0.6 is 11.3 Å². The smallest absolute Gasteiger partial charge is 0.171 e. The van der Waals surface area contributed by atoms with Gasteiger partial charge in [0.05, 0.1) is 17.1 Å². The summed E-state index contributed by atoms with van der Waals surface area (Å²) in [7, 11) is 0. The fourth-order valence-corrected chi connectivity index (χ4v) is 3.68. The Morgan fingerprint density at radius 2 is 1.95 bits per heavy atom. The standard InChI is InChI=1S/C15H24N2OS/c1-3-8-13-15(12(2)18)19-14(16-13)11-17-9-6-4-5-7-10-17/h3-11H2,1-2H3. The highest BCUT2D eigenvalue weighted by atomic mass is 32.1. The molecule has 0 aliphatic carbocycles. The molecule has 1 fully saturated rings. The Labute approximate surface area is 120 Å². The second-order valence-electron chi connectivity index (χ2n) is 5.38. The number of carbonyl (C=O) groups is 1. The van der Waals surface area contributed by atoms with Crippen molar-refractivity contribution in [2.45, 2.75) is 58.9 Å². The molecule has 1 aliphatic heterocycles. The van der Waals surface area contributed by atoms with E-state index in [0.717, 1.165) is 35.0 Å². The minimum atomic E-state index is 0.170. The van der Waals surface area contributed by atoms with Crippen molar-refractivity contribution in [1.82, 2.24) is 9.88 Å². The van der Waals surface area contributed by atoms with Gasteiger partial charge in [0.1, 0.15) is 5.01 Å². The van der Waals surface area contributed by atoms with E-state index in [2.05, 4.69) is 11.8 Å². The number of likely N-dealkylation sites (tertiary alicyclic amines) is 1.